The molecule has 2 heterocycles. The quantitative estimate of drug-likeness (QED) is 0.665. The molecule has 0 aliphatic carbocycles. The van der Waals surface area contributed by atoms with Gasteiger partial charge in [0, 0.05) is 12.2 Å². The average Bonchev–Trinajstić information content (AvgIpc) is 2.76. The molecule has 1 aromatic heterocycles. The van der Waals surface area contributed by atoms with Gasteiger partial charge in [-0.2, -0.15) is 5.10 Å². The summed E-state index contributed by atoms with van der Waals surface area (Å²) in [6.07, 6.45) is 3.47. The molecule has 7 nitrogen and oxygen atoms in total. The Morgan fingerprint density at radius 3 is 2.94 bits per heavy atom. The molecule has 0 saturated carbocycles. The molecule has 1 aromatic rings. The average molecular weight is 244 g/mol. The predicted molar refractivity (Wildman–Crippen MR) is 57.8 cm³/mol. The highest BCUT2D eigenvalue weighted by Gasteiger charge is 2.28. The Kier molecular flexibility index (Phi) is 2.82. The van der Waals surface area contributed by atoms with E-state index in [0.717, 1.165) is 0 Å². The summed E-state index contributed by atoms with van der Waals surface area (Å²) in [7, 11) is -2.96. The summed E-state index contributed by atoms with van der Waals surface area (Å²) >= 11 is 0. The molecule has 0 aromatic carbocycles. The minimum atomic E-state index is -2.96. The van der Waals surface area contributed by atoms with Gasteiger partial charge in [-0.25, -0.2) is 13.2 Å². The van der Waals surface area contributed by atoms with Crippen molar-refractivity contribution in [2.24, 2.45) is 0 Å². The van der Waals surface area contributed by atoms with Gasteiger partial charge in [-0.15, -0.1) is 0 Å². The fraction of sp³-hybridized carbons (Fsp3) is 0.500. The molecule has 1 atom stereocenters. The number of amides is 2. The number of aromatic amines is 1. The van der Waals surface area contributed by atoms with Crippen molar-refractivity contribution in [3.05, 3.63) is 12.4 Å². The van der Waals surface area contributed by atoms with E-state index in [2.05, 4.69) is 20.8 Å². The van der Waals surface area contributed by atoms with Crippen LogP contribution in [-0.2, 0) is 9.84 Å². The van der Waals surface area contributed by atoms with Crippen molar-refractivity contribution in [1.82, 2.24) is 15.5 Å². The lowest BCUT2D eigenvalue weighted by atomic mass is 10.3. The maximum absolute atomic E-state index is 11.4. The van der Waals surface area contributed by atoms with Crippen LogP contribution in [0.15, 0.2) is 12.4 Å². The third-order valence-corrected chi connectivity index (χ3v) is 4.09. The standard InChI is InChI=1S/C8H12N4O3S/c13-8(12-7-3-9-10-4-7)11-6-1-2-16(14,15)5-6/h3-4,6H,1-2,5H2,(H,9,10)(H2,11,12,13). The highest BCUT2D eigenvalue weighted by Crippen LogP contribution is 2.11. The third kappa shape index (κ3) is 2.72. The lowest BCUT2D eigenvalue weighted by molar-refractivity contribution is 0.249. The second-order valence-electron chi connectivity index (χ2n) is 3.69. The summed E-state index contributed by atoms with van der Waals surface area (Å²) in [5.41, 5.74) is 0.540. The number of carbonyl (C=O) groups excluding carboxylic acids is 1. The van der Waals surface area contributed by atoms with Crippen LogP contribution >= 0.6 is 0 Å². The van der Waals surface area contributed by atoms with E-state index in [4.69, 9.17) is 0 Å². The molecule has 2 rings (SSSR count). The van der Waals surface area contributed by atoms with E-state index < -0.39 is 15.9 Å². The Morgan fingerprint density at radius 2 is 2.38 bits per heavy atom. The number of rotatable bonds is 2. The van der Waals surface area contributed by atoms with Crippen molar-refractivity contribution < 1.29 is 13.2 Å². The van der Waals surface area contributed by atoms with Crippen LogP contribution in [-0.4, -0.2) is 42.2 Å². The highest BCUT2D eigenvalue weighted by molar-refractivity contribution is 7.91. The zero-order valence-electron chi connectivity index (χ0n) is 8.43. The van der Waals surface area contributed by atoms with E-state index in [9.17, 15) is 13.2 Å². The second kappa shape index (κ2) is 4.12. The molecule has 88 valence electrons. The molecule has 1 aliphatic rings. The van der Waals surface area contributed by atoms with Crippen LogP contribution in [0, 0.1) is 0 Å². The van der Waals surface area contributed by atoms with Gasteiger partial charge in [0.1, 0.15) is 0 Å². The molecule has 2 amide bonds. The molecule has 1 unspecified atom stereocenters. The van der Waals surface area contributed by atoms with Crippen molar-refractivity contribution >= 4 is 21.6 Å². The van der Waals surface area contributed by atoms with Crippen LogP contribution < -0.4 is 10.6 Å². The zero-order valence-corrected chi connectivity index (χ0v) is 9.25. The number of sulfone groups is 1. The molecule has 3 N–H and O–H groups in total. The topological polar surface area (TPSA) is 104 Å². The first kappa shape index (κ1) is 10.9. The first-order valence-electron chi connectivity index (χ1n) is 4.82. The molecule has 16 heavy (non-hydrogen) atoms. The number of aromatic nitrogens is 2. The predicted octanol–water partition coefficient (Wildman–Crippen LogP) is -0.282. The van der Waals surface area contributed by atoms with E-state index in [1.54, 1.807) is 0 Å². The van der Waals surface area contributed by atoms with Crippen molar-refractivity contribution in [2.45, 2.75) is 12.5 Å². The minimum absolute atomic E-state index is 0.0196. The summed E-state index contributed by atoms with van der Waals surface area (Å²) < 4.78 is 22.3. The van der Waals surface area contributed by atoms with Crippen LogP contribution in [0.3, 0.4) is 0 Å². The fourth-order valence-corrected chi connectivity index (χ4v) is 3.25. The summed E-state index contributed by atoms with van der Waals surface area (Å²) in [6.45, 7) is 0. The fourth-order valence-electron chi connectivity index (χ4n) is 1.58. The van der Waals surface area contributed by atoms with E-state index in [1.807, 2.05) is 0 Å². The van der Waals surface area contributed by atoms with Crippen LogP contribution in [0.2, 0.25) is 0 Å². The highest BCUT2D eigenvalue weighted by atomic mass is 32.2. The normalized spacial score (nSPS) is 22.9. The van der Waals surface area contributed by atoms with Gasteiger partial charge in [0.15, 0.2) is 9.84 Å². The van der Waals surface area contributed by atoms with Gasteiger partial charge in [-0.05, 0) is 6.42 Å². The lowest BCUT2D eigenvalue weighted by Crippen LogP contribution is -2.38. The molecular formula is C8H12N4O3S. The van der Waals surface area contributed by atoms with E-state index in [-0.39, 0.29) is 17.5 Å². The van der Waals surface area contributed by atoms with Crippen molar-refractivity contribution in [1.29, 1.82) is 0 Å². The van der Waals surface area contributed by atoms with Gasteiger partial charge in [0.2, 0.25) is 0 Å². The van der Waals surface area contributed by atoms with Crippen molar-refractivity contribution in [2.75, 3.05) is 16.8 Å². The molecule has 1 saturated heterocycles. The van der Waals surface area contributed by atoms with Gasteiger partial charge in [-0.1, -0.05) is 0 Å². The van der Waals surface area contributed by atoms with E-state index in [0.29, 0.717) is 12.1 Å². The Bertz CT molecular complexity index is 467. The Balaban J connectivity index is 1.85. The molecule has 0 bridgehead atoms. The van der Waals surface area contributed by atoms with Crippen LogP contribution in [0.1, 0.15) is 6.42 Å². The number of H-pyrrole nitrogens is 1. The second-order valence-corrected chi connectivity index (χ2v) is 5.91. The minimum Gasteiger partial charge on any atom is -0.334 e. The maximum Gasteiger partial charge on any atom is 0.319 e. The summed E-state index contributed by atoms with van der Waals surface area (Å²) in [5, 5.41) is 11.4. The Hall–Kier alpha value is -1.57. The molecule has 0 spiro atoms. The van der Waals surface area contributed by atoms with E-state index in [1.165, 1.54) is 12.4 Å². The van der Waals surface area contributed by atoms with Gasteiger partial charge in [0.25, 0.3) is 0 Å². The van der Waals surface area contributed by atoms with Crippen molar-refractivity contribution in [3.8, 4) is 0 Å². The van der Waals surface area contributed by atoms with Crippen LogP contribution in [0.4, 0.5) is 10.5 Å². The zero-order chi connectivity index (χ0) is 11.6. The first-order chi connectivity index (χ1) is 7.55. The van der Waals surface area contributed by atoms with E-state index >= 15 is 0 Å². The first-order valence-corrected chi connectivity index (χ1v) is 6.64. The van der Waals surface area contributed by atoms with Gasteiger partial charge >= 0.3 is 6.03 Å². The molecule has 1 aliphatic heterocycles. The largest absolute Gasteiger partial charge is 0.334 e. The third-order valence-electron chi connectivity index (χ3n) is 2.32. The number of nitrogens with zero attached hydrogens (tertiary/aromatic N) is 1. The summed E-state index contributed by atoms with van der Waals surface area (Å²) in [6, 6.07) is -0.708. The number of hydrogen-bond donors (Lipinski definition) is 3. The summed E-state index contributed by atoms with van der Waals surface area (Å²) in [4.78, 5) is 11.4. The molecule has 1 fully saturated rings. The number of carbonyl (C=O) groups is 1. The maximum atomic E-state index is 11.4. The van der Waals surface area contributed by atoms with Crippen LogP contribution in [0.5, 0.6) is 0 Å². The van der Waals surface area contributed by atoms with Gasteiger partial charge < -0.3 is 10.6 Å². The van der Waals surface area contributed by atoms with Crippen molar-refractivity contribution in [3.63, 3.8) is 0 Å². The lowest BCUT2D eigenvalue weighted by Gasteiger charge is -2.10. The number of anilines is 1. The number of hydrogen-bond acceptors (Lipinski definition) is 4. The Morgan fingerprint density at radius 1 is 1.56 bits per heavy atom. The van der Waals surface area contributed by atoms with Crippen LogP contribution in [0.25, 0.3) is 0 Å². The van der Waals surface area contributed by atoms with Gasteiger partial charge in [-0.3, -0.25) is 5.10 Å². The molecule has 0 radical (unpaired) electrons. The molecule has 8 heteroatoms. The SMILES string of the molecule is O=C(Nc1cn[nH]c1)NC1CCS(=O)(=O)C1. The number of nitrogens with one attached hydrogen (secondary N) is 3. The Labute approximate surface area is 92.5 Å². The molecular weight excluding hydrogens is 232 g/mol. The smallest absolute Gasteiger partial charge is 0.319 e. The van der Waals surface area contributed by atoms with Gasteiger partial charge in [0.05, 0.1) is 23.4 Å². The number of urea groups is 1. The summed E-state index contributed by atoms with van der Waals surface area (Å²) in [5.74, 6) is 0.162. The monoisotopic (exact) mass is 244 g/mol.